The summed E-state index contributed by atoms with van der Waals surface area (Å²) in [5, 5.41) is 0. The maximum absolute atomic E-state index is 2.85. The van der Waals surface area contributed by atoms with Gasteiger partial charge in [0.05, 0.1) is 0 Å². The van der Waals surface area contributed by atoms with Crippen LogP contribution in [0.2, 0.25) is 0 Å². The quantitative estimate of drug-likeness (QED) is 0.658. The highest BCUT2D eigenvalue weighted by Gasteiger charge is 2.58. The van der Waals surface area contributed by atoms with Gasteiger partial charge in [-0.25, -0.2) is 9.13 Å². The van der Waals surface area contributed by atoms with Crippen molar-refractivity contribution in [1.29, 1.82) is 0 Å². The number of rotatable bonds is 2. The number of hydrogen-bond donors (Lipinski definition) is 0. The number of imidazole rings is 1. The van der Waals surface area contributed by atoms with E-state index in [0.29, 0.717) is 11.1 Å². The lowest BCUT2D eigenvalue weighted by atomic mass is 9.52. The summed E-state index contributed by atoms with van der Waals surface area (Å²) in [4.78, 5) is 0. The Hall–Kier alpha value is -1.02. The molecule has 1 aromatic carbocycles. The zero-order valence-electron chi connectivity index (χ0n) is 18.1. The minimum absolute atomic E-state index is 0. The molecule has 1 heterocycles. The molecule has 2 aromatic rings. The molecule has 2 nitrogen and oxygen atoms in total. The minimum Gasteiger partial charge on any atom is -1.00 e. The van der Waals surface area contributed by atoms with Crippen molar-refractivity contribution in [3.05, 3.63) is 30.6 Å². The fraction of sp³-hybridized carbons (Fsp3) is 0.741. The van der Waals surface area contributed by atoms with Crippen LogP contribution in [-0.4, -0.2) is 4.57 Å². The molecule has 0 aliphatic heterocycles. The van der Waals surface area contributed by atoms with Gasteiger partial charge in [0.2, 0.25) is 6.33 Å². The van der Waals surface area contributed by atoms with Gasteiger partial charge in [-0.3, -0.25) is 0 Å². The SMILES string of the molecule is [Cl-].c1ccc2c(c1)n(C13CC4CC(CC(C4)C1)C3)c[n+]2C12CC3CC(CC(C3)C1)C2. The average Bonchev–Trinajstić information content (AvgIpc) is 3.07. The van der Waals surface area contributed by atoms with Gasteiger partial charge in [-0.05, 0) is 125 Å². The predicted molar refractivity (Wildman–Crippen MR) is 114 cm³/mol. The summed E-state index contributed by atoms with van der Waals surface area (Å²) in [6, 6.07) is 9.49. The Balaban J connectivity index is 0.00000162. The topological polar surface area (TPSA) is 8.81 Å². The normalized spacial score (nSPS) is 47.7. The van der Waals surface area contributed by atoms with E-state index in [1.807, 2.05) is 0 Å². The third-order valence-electron chi connectivity index (χ3n) is 10.7. The third-order valence-corrected chi connectivity index (χ3v) is 10.7. The molecule has 30 heavy (non-hydrogen) atoms. The lowest BCUT2D eigenvalue weighted by molar-refractivity contribution is -0.755. The number of fused-ring (bicyclic) bond motifs is 1. The van der Waals surface area contributed by atoms with Crippen LogP contribution in [0.4, 0.5) is 0 Å². The fourth-order valence-electron chi connectivity index (χ4n) is 10.6. The number of halogens is 1. The van der Waals surface area contributed by atoms with Crippen LogP contribution < -0.4 is 17.0 Å². The first-order valence-electron chi connectivity index (χ1n) is 12.7. The number of benzene rings is 1. The smallest absolute Gasteiger partial charge is 0.245 e. The summed E-state index contributed by atoms with van der Waals surface area (Å²) in [7, 11) is 0. The monoisotopic (exact) mass is 422 g/mol. The Labute approximate surface area is 186 Å². The molecule has 8 aliphatic rings. The van der Waals surface area contributed by atoms with Crippen molar-refractivity contribution < 1.29 is 17.0 Å². The number of hydrogen-bond acceptors (Lipinski definition) is 0. The van der Waals surface area contributed by atoms with Crippen LogP contribution in [0.5, 0.6) is 0 Å². The minimum atomic E-state index is 0. The van der Waals surface area contributed by atoms with E-state index in [0.717, 1.165) is 35.5 Å². The van der Waals surface area contributed by atoms with E-state index in [1.165, 1.54) is 77.0 Å². The van der Waals surface area contributed by atoms with Gasteiger partial charge in [0.15, 0.2) is 11.0 Å². The second kappa shape index (κ2) is 6.06. The van der Waals surface area contributed by atoms with Crippen molar-refractivity contribution in [1.82, 2.24) is 4.57 Å². The molecule has 0 spiro atoms. The molecule has 8 bridgehead atoms. The van der Waals surface area contributed by atoms with Crippen LogP contribution in [0.1, 0.15) is 77.0 Å². The molecule has 3 heteroatoms. The standard InChI is InChI=1S/C27H35N2.ClH/c1-2-4-25-24(3-1)28(26-11-18-5-19(12-26)7-20(6-18)13-26)17-29(25)27-14-21-8-22(15-27)10-23(9-21)16-27;/h1-4,17-23H,5-16H2;1H/q+1;/p-1. The van der Waals surface area contributed by atoms with E-state index in [2.05, 4.69) is 39.7 Å². The third kappa shape index (κ3) is 2.35. The average molecular weight is 423 g/mol. The molecule has 0 unspecified atom stereocenters. The van der Waals surface area contributed by atoms with Crippen molar-refractivity contribution in [3.8, 4) is 0 Å². The van der Waals surface area contributed by atoms with Crippen molar-refractivity contribution in [3.63, 3.8) is 0 Å². The van der Waals surface area contributed by atoms with E-state index < -0.39 is 0 Å². The molecule has 1 aromatic heterocycles. The number of aromatic nitrogens is 2. The van der Waals surface area contributed by atoms with Gasteiger partial charge < -0.3 is 12.4 Å². The van der Waals surface area contributed by atoms with Crippen molar-refractivity contribution >= 4 is 11.0 Å². The van der Waals surface area contributed by atoms with Crippen molar-refractivity contribution in [2.45, 2.75) is 88.1 Å². The number of para-hydroxylation sites is 2. The first-order chi connectivity index (χ1) is 14.2. The molecule has 10 rings (SSSR count). The van der Waals surface area contributed by atoms with Gasteiger partial charge >= 0.3 is 0 Å². The molecule has 8 aliphatic carbocycles. The molecule has 0 saturated heterocycles. The van der Waals surface area contributed by atoms with Gasteiger partial charge in [0.25, 0.3) is 0 Å². The van der Waals surface area contributed by atoms with E-state index in [-0.39, 0.29) is 12.4 Å². The Kier molecular flexibility index (Phi) is 3.74. The van der Waals surface area contributed by atoms with Gasteiger partial charge in [-0.15, -0.1) is 0 Å². The first-order valence-corrected chi connectivity index (χ1v) is 12.7. The summed E-state index contributed by atoms with van der Waals surface area (Å²) in [5.74, 6) is 6.06. The lowest BCUT2D eigenvalue weighted by Crippen LogP contribution is -3.00. The predicted octanol–water partition coefficient (Wildman–Crippen LogP) is 2.78. The zero-order chi connectivity index (χ0) is 18.8. The first kappa shape index (κ1) is 18.5. The van der Waals surface area contributed by atoms with E-state index in [4.69, 9.17) is 0 Å². The fourth-order valence-corrected chi connectivity index (χ4v) is 10.6. The van der Waals surface area contributed by atoms with Crippen molar-refractivity contribution in [2.24, 2.45) is 35.5 Å². The molecular formula is C27H35ClN2. The van der Waals surface area contributed by atoms with E-state index in [9.17, 15) is 0 Å². The molecule has 0 amide bonds. The Bertz CT molecular complexity index is 855. The maximum Gasteiger partial charge on any atom is 0.245 e. The summed E-state index contributed by atoms with van der Waals surface area (Å²) in [5.41, 5.74) is 3.96. The highest BCUT2D eigenvalue weighted by Crippen LogP contribution is 2.60. The van der Waals surface area contributed by atoms with Crippen LogP contribution in [0.15, 0.2) is 30.6 Å². The van der Waals surface area contributed by atoms with E-state index >= 15 is 0 Å². The zero-order valence-corrected chi connectivity index (χ0v) is 18.9. The largest absolute Gasteiger partial charge is 1.00 e. The molecule has 0 N–H and O–H groups in total. The summed E-state index contributed by atoms with van der Waals surface area (Å²) in [6.07, 6.45) is 20.6. The van der Waals surface area contributed by atoms with Crippen LogP contribution >= 0.6 is 0 Å². The van der Waals surface area contributed by atoms with Gasteiger partial charge in [-0.1, -0.05) is 12.1 Å². The second-order valence-electron chi connectivity index (χ2n) is 12.6. The number of nitrogens with zero attached hydrogens (tertiary/aromatic N) is 2. The van der Waals surface area contributed by atoms with Gasteiger partial charge in [0, 0.05) is 0 Å². The summed E-state index contributed by atoms with van der Waals surface area (Å²) >= 11 is 0. The molecule has 8 fully saturated rings. The van der Waals surface area contributed by atoms with Crippen LogP contribution in [0.3, 0.4) is 0 Å². The molecule has 8 saturated carbocycles. The molecule has 160 valence electrons. The lowest BCUT2D eigenvalue weighted by Gasteiger charge is -2.55. The van der Waals surface area contributed by atoms with Crippen LogP contribution in [-0.2, 0) is 11.1 Å². The van der Waals surface area contributed by atoms with Crippen LogP contribution in [0, 0.1) is 35.5 Å². The Morgan fingerprint density at radius 2 is 1.13 bits per heavy atom. The van der Waals surface area contributed by atoms with Gasteiger partial charge in [-0.2, -0.15) is 0 Å². The van der Waals surface area contributed by atoms with Crippen LogP contribution in [0.25, 0.3) is 11.0 Å². The maximum atomic E-state index is 2.85. The van der Waals surface area contributed by atoms with E-state index in [1.54, 1.807) is 11.0 Å². The summed E-state index contributed by atoms with van der Waals surface area (Å²) in [6.45, 7) is 0. The molecular weight excluding hydrogens is 388 g/mol. The highest BCUT2D eigenvalue weighted by atomic mass is 35.5. The Morgan fingerprint density at radius 3 is 1.67 bits per heavy atom. The second-order valence-corrected chi connectivity index (χ2v) is 12.6. The highest BCUT2D eigenvalue weighted by molar-refractivity contribution is 5.72. The molecule has 0 atom stereocenters. The summed E-state index contributed by atoms with van der Waals surface area (Å²) < 4.78 is 5.71. The molecule has 0 radical (unpaired) electrons. The van der Waals surface area contributed by atoms with Gasteiger partial charge in [0.1, 0.15) is 11.1 Å². The Morgan fingerprint density at radius 1 is 0.667 bits per heavy atom. The van der Waals surface area contributed by atoms with Crippen molar-refractivity contribution in [2.75, 3.05) is 0 Å².